The lowest BCUT2D eigenvalue weighted by Crippen LogP contribution is -2.08. The van der Waals surface area contributed by atoms with E-state index >= 15 is 0 Å². The van der Waals surface area contributed by atoms with Crippen LogP contribution >= 0.6 is 0 Å². The van der Waals surface area contributed by atoms with E-state index in [1.807, 2.05) is 18.2 Å². The van der Waals surface area contributed by atoms with E-state index in [1.54, 1.807) is 12.3 Å². The van der Waals surface area contributed by atoms with Gasteiger partial charge in [-0.2, -0.15) is 0 Å². The van der Waals surface area contributed by atoms with Crippen LogP contribution in [0.5, 0.6) is 0 Å². The zero-order valence-corrected chi connectivity index (χ0v) is 12.1. The first-order valence-corrected chi connectivity index (χ1v) is 6.01. The Bertz CT molecular complexity index is 329. The zero-order valence-electron chi connectivity index (χ0n) is 12.1. The molecular formula is C16H26O. The summed E-state index contributed by atoms with van der Waals surface area (Å²) in [5, 5.41) is 0. The van der Waals surface area contributed by atoms with Crippen LogP contribution in [0.3, 0.4) is 0 Å². The minimum atomic E-state index is 0.156. The van der Waals surface area contributed by atoms with Crippen molar-refractivity contribution in [2.45, 2.75) is 47.0 Å². The van der Waals surface area contributed by atoms with Crippen molar-refractivity contribution in [3.05, 3.63) is 49.0 Å². The predicted molar refractivity (Wildman–Crippen MR) is 76.2 cm³/mol. The van der Waals surface area contributed by atoms with Gasteiger partial charge in [0, 0.05) is 5.41 Å². The van der Waals surface area contributed by atoms with Crippen LogP contribution in [0.25, 0.3) is 0 Å². The fourth-order valence-electron chi connectivity index (χ4n) is 1.06. The van der Waals surface area contributed by atoms with E-state index in [0.29, 0.717) is 5.41 Å². The molecule has 0 bridgehead atoms. The third-order valence-electron chi connectivity index (χ3n) is 1.99. The van der Waals surface area contributed by atoms with Crippen molar-refractivity contribution in [2.24, 2.45) is 5.41 Å². The lowest BCUT2D eigenvalue weighted by atomic mass is 9.94. The standard InChI is InChI=1S/C8H12O.C8H14/c1-8(2,3)7-5-4-6-9-7;1-5-6-7-8(2,3)4/h4-6H,1-3H3;5-7H,1H2,2-4H3/b;7-6-. The van der Waals surface area contributed by atoms with Gasteiger partial charge in [0.1, 0.15) is 5.76 Å². The summed E-state index contributed by atoms with van der Waals surface area (Å²) in [5.74, 6) is 1.04. The molecule has 0 saturated heterocycles. The first kappa shape index (κ1) is 15.8. The van der Waals surface area contributed by atoms with E-state index in [4.69, 9.17) is 4.42 Å². The second-order valence-electron chi connectivity index (χ2n) is 6.19. The molecule has 1 rings (SSSR count). The normalized spacial score (nSPS) is 12.1. The third kappa shape index (κ3) is 8.56. The molecule has 96 valence electrons. The molecule has 1 aromatic heterocycles. The van der Waals surface area contributed by atoms with E-state index in [1.165, 1.54) is 0 Å². The van der Waals surface area contributed by atoms with Crippen molar-refractivity contribution in [1.82, 2.24) is 0 Å². The number of furan rings is 1. The minimum absolute atomic E-state index is 0.156. The first-order chi connectivity index (χ1) is 7.67. The van der Waals surface area contributed by atoms with Gasteiger partial charge >= 0.3 is 0 Å². The van der Waals surface area contributed by atoms with Crippen molar-refractivity contribution < 1.29 is 4.42 Å². The van der Waals surface area contributed by atoms with Gasteiger partial charge in [-0.3, -0.25) is 0 Å². The Balaban J connectivity index is 0.000000304. The van der Waals surface area contributed by atoms with Crippen LogP contribution in [0.15, 0.2) is 47.6 Å². The second-order valence-corrected chi connectivity index (χ2v) is 6.19. The van der Waals surface area contributed by atoms with Gasteiger partial charge in [0.2, 0.25) is 0 Å². The lowest BCUT2D eigenvalue weighted by molar-refractivity contribution is 0.409. The Kier molecular flexibility index (Phi) is 6.01. The Morgan fingerprint density at radius 2 is 1.71 bits per heavy atom. The van der Waals surface area contributed by atoms with Gasteiger partial charge in [0.05, 0.1) is 6.26 Å². The van der Waals surface area contributed by atoms with Crippen LogP contribution < -0.4 is 0 Å². The van der Waals surface area contributed by atoms with Crippen LogP contribution in [0.4, 0.5) is 0 Å². The Morgan fingerprint density at radius 1 is 1.12 bits per heavy atom. The largest absolute Gasteiger partial charge is 0.469 e. The van der Waals surface area contributed by atoms with Crippen molar-refractivity contribution >= 4 is 0 Å². The highest BCUT2D eigenvalue weighted by molar-refractivity contribution is 5.08. The number of hydrogen-bond donors (Lipinski definition) is 0. The summed E-state index contributed by atoms with van der Waals surface area (Å²) in [5.41, 5.74) is 0.456. The van der Waals surface area contributed by atoms with Crippen molar-refractivity contribution in [3.63, 3.8) is 0 Å². The average Bonchev–Trinajstić information content (AvgIpc) is 2.66. The first-order valence-electron chi connectivity index (χ1n) is 6.01. The number of hydrogen-bond acceptors (Lipinski definition) is 1. The third-order valence-corrected chi connectivity index (χ3v) is 1.99. The van der Waals surface area contributed by atoms with Crippen molar-refractivity contribution in [2.75, 3.05) is 0 Å². The average molecular weight is 234 g/mol. The zero-order chi connectivity index (χ0) is 13.5. The van der Waals surface area contributed by atoms with E-state index < -0.39 is 0 Å². The van der Waals surface area contributed by atoms with E-state index in [0.717, 1.165) is 5.76 Å². The highest BCUT2D eigenvalue weighted by Gasteiger charge is 2.15. The highest BCUT2D eigenvalue weighted by atomic mass is 16.3. The molecule has 0 aliphatic heterocycles. The lowest BCUT2D eigenvalue weighted by Gasteiger charge is -2.13. The summed E-state index contributed by atoms with van der Waals surface area (Å²) in [6.45, 7) is 16.4. The molecule has 1 heteroatoms. The topological polar surface area (TPSA) is 13.1 Å². The SMILES string of the molecule is C=C/C=C\C(C)(C)C.CC(C)(C)c1ccco1. The molecule has 0 atom stereocenters. The van der Waals surface area contributed by atoms with E-state index in [2.05, 4.69) is 54.2 Å². The molecule has 0 aliphatic rings. The van der Waals surface area contributed by atoms with Gasteiger partial charge in [-0.25, -0.2) is 0 Å². The van der Waals surface area contributed by atoms with Gasteiger partial charge in [-0.1, -0.05) is 66.3 Å². The van der Waals surface area contributed by atoms with Crippen molar-refractivity contribution in [1.29, 1.82) is 0 Å². The maximum absolute atomic E-state index is 5.20. The molecule has 1 nitrogen and oxygen atoms in total. The highest BCUT2D eigenvalue weighted by Crippen LogP contribution is 2.21. The summed E-state index contributed by atoms with van der Waals surface area (Å²) in [6, 6.07) is 3.92. The van der Waals surface area contributed by atoms with Crippen LogP contribution in [0.1, 0.15) is 47.3 Å². The smallest absolute Gasteiger partial charge is 0.109 e. The summed E-state index contributed by atoms with van der Waals surface area (Å²) < 4.78 is 5.20. The molecule has 0 N–H and O–H groups in total. The minimum Gasteiger partial charge on any atom is -0.469 e. The van der Waals surface area contributed by atoms with Crippen LogP contribution in [-0.2, 0) is 5.41 Å². The molecule has 1 heterocycles. The molecule has 0 spiro atoms. The molecule has 0 aromatic carbocycles. The van der Waals surface area contributed by atoms with Crippen LogP contribution in [0.2, 0.25) is 0 Å². The fourth-order valence-corrected chi connectivity index (χ4v) is 1.06. The van der Waals surface area contributed by atoms with Crippen LogP contribution in [-0.4, -0.2) is 0 Å². The van der Waals surface area contributed by atoms with Gasteiger partial charge in [-0.05, 0) is 17.5 Å². The molecule has 0 amide bonds. The predicted octanol–water partition coefficient (Wildman–Crippen LogP) is 5.35. The van der Waals surface area contributed by atoms with Crippen molar-refractivity contribution in [3.8, 4) is 0 Å². The molecule has 1 aromatic rings. The van der Waals surface area contributed by atoms with Gasteiger partial charge in [0.25, 0.3) is 0 Å². The monoisotopic (exact) mass is 234 g/mol. The summed E-state index contributed by atoms with van der Waals surface area (Å²) >= 11 is 0. The Labute approximate surface area is 106 Å². The van der Waals surface area contributed by atoms with Gasteiger partial charge in [-0.15, -0.1) is 0 Å². The van der Waals surface area contributed by atoms with Gasteiger partial charge < -0.3 is 4.42 Å². The quantitative estimate of drug-likeness (QED) is 0.597. The Hall–Kier alpha value is -1.24. The molecule has 17 heavy (non-hydrogen) atoms. The van der Waals surface area contributed by atoms with Gasteiger partial charge in [0.15, 0.2) is 0 Å². The molecule has 0 aliphatic carbocycles. The summed E-state index contributed by atoms with van der Waals surface area (Å²) in [6.07, 6.45) is 7.60. The second kappa shape index (κ2) is 6.48. The summed E-state index contributed by atoms with van der Waals surface area (Å²) in [7, 11) is 0. The number of allylic oxidation sites excluding steroid dienone is 3. The van der Waals surface area contributed by atoms with E-state index in [9.17, 15) is 0 Å². The molecule has 0 unspecified atom stereocenters. The maximum atomic E-state index is 5.20. The van der Waals surface area contributed by atoms with E-state index in [-0.39, 0.29) is 5.41 Å². The summed E-state index contributed by atoms with van der Waals surface area (Å²) in [4.78, 5) is 0. The Morgan fingerprint density at radius 3 is 1.88 bits per heavy atom. The maximum Gasteiger partial charge on any atom is 0.109 e. The fraction of sp³-hybridized carbons (Fsp3) is 0.500. The molecule has 0 fully saturated rings. The number of rotatable bonds is 1. The molecule has 0 radical (unpaired) electrons. The molecular weight excluding hydrogens is 208 g/mol. The molecule has 0 saturated carbocycles. The van der Waals surface area contributed by atoms with Crippen LogP contribution in [0, 0.1) is 5.41 Å².